The average Bonchev–Trinajstić information content (AvgIpc) is 2.56. The van der Waals surface area contributed by atoms with Crippen LogP contribution in [-0.2, 0) is 18.9 Å². The van der Waals surface area contributed by atoms with Gasteiger partial charge in [-0.3, -0.25) is 0 Å². The van der Waals surface area contributed by atoms with Gasteiger partial charge in [-0.15, -0.1) is 0 Å². The fraction of sp³-hybridized carbons (Fsp3) is 1.00. The molecule has 0 heterocycles. The Balaban J connectivity index is 2.95. The molecule has 0 saturated carbocycles. The molecule has 146 valence electrons. The quantitative estimate of drug-likeness (QED) is 0.341. The van der Waals surface area contributed by atoms with Crippen molar-refractivity contribution in [2.45, 2.75) is 71.3 Å². The van der Waals surface area contributed by atoms with Crippen LogP contribution >= 0.6 is 0 Å². The van der Waals surface area contributed by atoms with Crippen molar-refractivity contribution in [3.05, 3.63) is 0 Å². The van der Waals surface area contributed by atoms with E-state index >= 15 is 0 Å². The second kappa shape index (κ2) is 20.8. The Morgan fingerprint density at radius 3 is 1.21 bits per heavy atom. The number of hydrogen-bond acceptors (Lipinski definition) is 5. The van der Waals surface area contributed by atoms with Crippen molar-refractivity contribution in [1.82, 2.24) is 0 Å². The molecule has 1 N–H and O–H groups in total. The van der Waals surface area contributed by atoms with Crippen LogP contribution in [0.3, 0.4) is 0 Å². The third kappa shape index (κ3) is 21.8. The molecule has 0 aromatic rings. The summed E-state index contributed by atoms with van der Waals surface area (Å²) in [6, 6.07) is 0. The third-order valence-corrected chi connectivity index (χ3v) is 3.49. The number of aliphatic hydroxyl groups is 1. The van der Waals surface area contributed by atoms with Gasteiger partial charge in [0.05, 0.1) is 6.10 Å². The zero-order valence-electron chi connectivity index (χ0n) is 16.0. The van der Waals surface area contributed by atoms with Gasteiger partial charge in [0.2, 0.25) is 0 Å². The van der Waals surface area contributed by atoms with Crippen molar-refractivity contribution in [2.75, 3.05) is 52.9 Å². The minimum absolute atomic E-state index is 0.259. The van der Waals surface area contributed by atoms with E-state index in [1.165, 1.54) is 0 Å². The molecule has 0 aliphatic heterocycles. The van der Waals surface area contributed by atoms with Crippen LogP contribution in [0.15, 0.2) is 0 Å². The minimum atomic E-state index is 0.259. The van der Waals surface area contributed by atoms with Crippen LogP contribution in [-0.4, -0.2) is 64.1 Å². The van der Waals surface area contributed by atoms with E-state index in [-0.39, 0.29) is 6.61 Å². The average molecular weight is 349 g/mol. The molecule has 0 rings (SSSR count). The monoisotopic (exact) mass is 348 g/mol. The highest BCUT2D eigenvalue weighted by Crippen LogP contribution is 1.98. The van der Waals surface area contributed by atoms with Gasteiger partial charge >= 0.3 is 0 Å². The van der Waals surface area contributed by atoms with Crippen molar-refractivity contribution in [2.24, 2.45) is 0 Å². The summed E-state index contributed by atoms with van der Waals surface area (Å²) in [5.41, 5.74) is 0. The summed E-state index contributed by atoms with van der Waals surface area (Å²) in [5, 5.41) is 8.63. The van der Waals surface area contributed by atoms with Gasteiger partial charge in [0, 0.05) is 52.9 Å². The number of ether oxygens (including phenoxy) is 4. The van der Waals surface area contributed by atoms with Crippen LogP contribution in [0.5, 0.6) is 0 Å². The molecule has 0 spiro atoms. The highest BCUT2D eigenvalue weighted by molar-refractivity contribution is 4.44. The summed E-state index contributed by atoms with van der Waals surface area (Å²) in [6.07, 6.45) is 8.48. The highest BCUT2D eigenvalue weighted by atomic mass is 16.5. The van der Waals surface area contributed by atoms with Crippen molar-refractivity contribution in [3.8, 4) is 0 Å². The first kappa shape index (κ1) is 23.8. The van der Waals surface area contributed by atoms with E-state index in [1.807, 2.05) is 0 Å². The van der Waals surface area contributed by atoms with Gasteiger partial charge in [-0.25, -0.2) is 0 Å². The largest absolute Gasteiger partial charge is 0.396 e. The Labute approximate surface area is 149 Å². The van der Waals surface area contributed by atoms with E-state index in [0.717, 1.165) is 97.6 Å². The topological polar surface area (TPSA) is 57.2 Å². The molecule has 5 nitrogen and oxygen atoms in total. The Morgan fingerprint density at radius 2 is 0.875 bits per heavy atom. The number of aliphatic hydroxyl groups excluding tert-OH is 1. The number of unbranched alkanes of at least 4 members (excludes halogenated alkanes) is 4. The predicted octanol–water partition coefficient (Wildman–Crippen LogP) is 3.57. The van der Waals surface area contributed by atoms with Gasteiger partial charge in [-0.05, 0) is 65.2 Å². The van der Waals surface area contributed by atoms with Crippen molar-refractivity contribution < 1.29 is 24.1 Å². The van der Waals surface area contributed by atoms with Crippen LogP contribution in [0.2, 0.25) is 0 Å². The van der Waals surface area contributed by atoms with Gasteiger partial charge in [-0.1, -0.05) is 0 Å². The SMILES string of the molecule is CC(C)OCCCCOCCCCOCCCCOCCCCO. The molecular formula is C19H40O5. The second-order valence-electron chi connectivity index (χ2n) is 6.31. The van der Waals surface area contributed by atoms with Crippen molar-refractivity contribution in [1.29, 1.82) is 0 Å². The first-order chi connectivity index (χ1) is 11.8. The van der Waals surface area contributed by atoms with Gasteiger partial charge in [0.15, 0.2) is 0 Å². The lowest BCUT2D eigenvalue weighted by Crippen LogP contribution is -2.05. The van der Waals surface area contributed by atoms with Gasteiger partial charge < -0.3 is 24.1 Å². The van der Waals surface area contributed by atoms with Gasteiger partial charge in [-0.2, -0.15) is 0 Å². The zero-order valence-corrected chi connectivity index (χ0v) is 16.0. The molecule has 0 aliphatic rings. The first-order valence-electron chi connectivity index (χ1n) is 9.73. The molecule has 0 fully saturated rings. The Hall–Kier alpha value is -0.200. The lowest BCUT2D eigenvalue weighted by Gasteiger charge is -2.08. The summed E-state index contributed by atoms with van der Waals surface area (Å²) in [5.74, 6) is 0. The highest BCUT2D eigenvalue weighted by Gasteiger charge is 1.95. The van der Waals surface area contributed by atoms with E-state index in [1.54, 1.807) is 0 Å². The molecule has 0 aromatic carbocycles. The van der Waals surface area contributed by atoms with E-state index in [2.05, 4.69) is 13.8 Å². The lowest BCUT2D eigenvalue weighted by molar-refractivity contribution is 0.0641. The van der Waals surface area contributed by atoms with Gasteiger partial charge in [0.1, 0.15) is 0 Å². The van der Waals surface area contributed by atoms with Crippen molar-refractivity contribution >= 4 is 0 Å². The molecule has 24 heavy (non-hydrogen) atoms. The normalized spacial score (nSPS) is 11.5. The summed E-state index contributed by atoms with van der Waals surface area (Å²) in [6.45, 7) is 10.1. The van der Waals surface area contributed by atoms with E-state index in [4.69, 9.17) is 24.1 Å². The summed E-state index contributed by atoms with van der Waals surface area (Å²) in [7, 11) is 0. The summed E-state index contributed by atoms with van der Waals surface area (Å²) in [4.78, 5) is 0. The maximum Gasteiger partial charge on any atom is 0.0518 e. The van der Waals surface area contributed by atoms with Crippen LogP contribution in [0.1, 0.15) is 65.2 Å². The molecule has 0 unspecified atom stereocenters. The molecule has 0 aromatic heterocycles. The fourth-order valence-electron chi connectivity index (χ4n) is 2.06. The molecule has 0 aliphatic carbocycles. The smallest absolute Gasteiger partial charge is 0.0518 e. The molecule has 0 bridgehead atoms. The fourth-order valence-corrected chi connectivity index (χ4v) is 2.06. The van der Waals surface area contributed by atoms with Crippen LogP contribution in [0.4, 0.5) is 0 Å². The molecule has 0 atom stereocenters. The predicted molar refractivity (Wildman–Crippen MR) is 97.6 cm³/mol. The maximum absolute atomic E-state index is 8.63. The maximum atomic E-state index is 8.63. The zero-order chi connectivity index (χ0) is 17.7. The van der Waals surface area contributed by atoms with Gasteiger partial charge in [0.25, 0.3) is 0 Å². The molecule has 0 amide bonds. The Kier molecular flexibility index (Phi) is 20.7. The number of hydrogen-bond donors (Lipinski definition) is 1. The molecule has 5 heteroatoms. The van der Waals surface area contributed by atoms with E-state index in [0.29, 0.717) is 6.10 Å². The molecule has 0 radical (unpaired) electrons. The lowest BCUT2D eigenvalue weighted by atomic mass is 10.3. The van der Waals surface area contributed by atoms with Crippen LogP contribution < -0.4 is 0 Å². The minimum Gasteiger partial charge on any atom is -0.396 e. The van der Waals surface area contributed by atoms with Crippen molar-refractivity contribution in [3.63, 3.8) is 0 Å². The summed E-state index contributed by atoms with van der Waals surface area (Å²) >= 11 is 0. The molecular weight excluding hydrogens is 308 g/mol. The second-order valence-corrected chi connectivity index (χ2v) is 6.31. The Bertz CT molecular complexity index is 224. The third-order valence-electron chi connectivity index (χ3n) is 3.49. The van der Waals surface area contributed by atoms with Crippen LogP contribution in [0, 0.1) is 0 Å². The first-order valence-corrected chi connectivity index (χ1v) is 9.73. The van der Waals surface area contributed by atoms with E-state index in [9.17, 15) is 0 Å². The van der Waals surface area contributed by atoms with Crippen LogP contribution in [0.25, 0.3) is 0 Å². The molecule has 0 saturated heterocycles. The number of rotatable bonds is 20. The Morgan fingerprint density at radius 1 is 0.542 bits per heavy atom. The summed E-state index contributed by atoms with van der Waals surface area (Å²) < 4.78 is 22.1. The van der Waals surface area contributed by atoms with E-state index < -0.39 is 0 Å². The standard InChI is InChI=1S/C19H40O5/c1-19(2)24-18-10-9-17-23-16-8-7-15-22-14-6-5-13-21-12-4-3-11-20/h19-20H,3-18H2,1-2H3.